The second kappa shape index (κ2) is 3.38. The normalized spacial score (nSPS) is 10.8. The molecular formula is C13H10N2O. The molecule has 0 spiro atoms. The lowest BCUT2D eigenvalue weighted by Gasteiger charge is -2.00. The molecule has 0 radical (unpaired) electrons. The van der Waals surface area contributed by atoms with E-state index < -0.39 is 0 Å². The first kappa shape index (κ1) is 8.97. The van der Waals surface area contributed by atoms with E-state index in [1.165, 1.54) is 6.20 Å². The molecule has 3 rings (SSSR count). The highest BCUT2D eigenvalue weighted by molar-refractivity contribution is 5.84. The molecule has 0 atom stereocenters. The monoisotopic (exact) mass is 210 g/mol. The quantitative estimate of drug-likeness (QED) is 0.486. The molecule has 0 aliphatic rings. The zero-order valence-corrected chi connectivity index (χ0v) is 8.55. The van der Waals surface area contributed by atoms with E-state index in [0.717, 1.165) is 21.3 Å². The number of fused-ring (bicyclic) bond motifs is 1. The van der Waals surface area contributed by atoms with Gasteiger partial charge in [-0.25, -0.2) is 0 Å². The fraction of sp³-hybridized carbons (Fsp3) is 0. The van der Waals surface area contributed by atoms with Crippen molar-refractivity contribution < 1.29 is 4.73 Å². The smallest absolute Gasteiger partial charge is 0.240 e. The maximum absolute atomic E-state index is 11.6. The maximum atomic E-state index is 11.6. The molecule has 0 unspecified atom stereocenters. The van der Waals surface area contributed by atoms with Crippen LogP contribution in [0, 0.1) is 5.21 Å². The molecule has 2 heterocycles. The molecule has 3 aromatic rings. The Balaban J connectivity index is 2.23. The Bertz CT molecular complexity index is 610. The third kappa shape index (κ3) is 1.34. The number of rotatable bonds is 1. The number of para-hydroxylation sites is 1. The van der Waals surface area contributed by atoms with Crippen molar-refractivity contribution in [2.75, 3.05) is 0 Å². The molecule has 3 heteroatoms. The minimum atomic E-state index is 0.638. The van der Waals surface area contributed by atoms with Gasteiger partial charge in [0.05, 0.1) is 0 Å². The van der Waals surface area contributed by atoms with Crippen LogP contribution in [0.15, 0.2) is 54.7 Å². The van der Waals surface area contributed by atoms with E-state index in [4.69, 9.17) is 0 Å². The summed E-state index contributed by atoms with van der Waals surface area (Å²) in [6.07, 6.45) is 1.50. The molecule has 1 aromatic carbocycles. The largest absolute Gasteiger partial charge is 0.618 e. The van der Waals surface area contributed by atoms with Gasteiger partial charge in [-0.3, -0.25) is 0 Å². The average Bonchev–Trinajstić information content (AvgIpc) is 2.73. The molecule has 0 aliphatic heterocycles. The van der Waals surface area contributed by atoms with Crippen LogP contribution in [0.2, 0.25) is 0 Å². The van der Waals surface area contributed by atoms with E-state index in [-0.39, 0.29) is 0 Å². The number of nitrogens with one attached hydrogen (secondary N) is 1. The van der Waals surface area contributed by atoms with Gasteiger partial charge in [0, 0.05) is 23.0 Å². The molecule has 0 bridgehead atoms. The van der Waals surface area contributed by atoms with Gasteiger partial charge >= 0.3 is 0 Å². The Hall–Kier alpha value is -2.29. The summed E-state index contributed by atoms with van der Waals surface area (Å²) in [5.74, 6) is 0. The van der Waals surface area contributed by atoms with E-state index in [2.05, 4.69) is 4.98 Å². The van der Waals surface area contributed by atoms with Crippen LogP contribution in [0.4, 0.5) is 0 Å². The number of hydrogen-bond donors (Lipinski definition) is 1. The van der Waals surface area contributed by atoms with E-state index in [9.17, 15) is 5.21 Å². The van der Waals surface area contributed by atoms with Crippen LogP contribution in [0.5, 0.6) is 0 Å². The number of aromatic nitrogens is 2. The lowest BCUT2D eigenvalue weighted by molar-refractivity contribution is -0.593. The van der Waals surface area contributed by atoms with Crippen molar-refractivity contribution in [1.29, 1.82) is 0 Å². The van der Waals surface area contributed by atoms with Crippen LogP contribution in [-0.2, 0) is 0 Å². The van der Waals surface area contributed by atoms with Gasteiger partial charge in [-0.15, -0.1) is 0 Å². The lowest BCUT2D eigenvalue weighted by atomic mass is 10.2. The van der Waals surface area contributed by atoms with Gasteiger partial charge in [0.25, 0.3) is 0 Å². The molecule has 2 aromatic heterocycles. The standard InChI is InChI=1S/C13H10N2O/c16-15-8-4-3-7-13(15)12-9-10-5-1-2-6-11(10)14-12/h1-9,14H. The van der Waals surface area contributed by atoms with Gasteiger partial charge < -0.3 is 10.2 Å². The summed E-state index contributed by atoms with van der Waals surface area (Å²) in [6.45, 7) is 0. The van der Waals surface area contributed by atoms with Crippen molar-refractivity contribution in [3.05, 3.63) is 59.9 Å². The SMILES string of the molecule is [O-][n+]1ccccc1-c1cc2ccccc2[nH]1. The van der Waals surface area contributed by atoms with Crippen molar-refractivity contribution in [1.82, 2.24) is 4.98 Å². The van der Waals surface area contributed by atoms with Crippen molar-refractivity contribution in [3.63, 3.8) is 0 Å². The zero-order chi connectivity index (χ0) is 11.0. The van der Waals surface area contributed by atoms with Crippen LogP contribution in [0.1, 0.15) is 0 Å². The molecule has 3 nitrogen and oxygen atoms in total. The number of pyridine rings is 1. The van der Waals surface area contributed by atoms with E-state index in [1.807, 2.05) is 36.4 Å². The van der Waals surface area contributed by atoms with Crippen LogP contribution in [0.3, 0.4) is 0 Å². The average molecular weight is 210 g/mol. The van der Waals surface area contributed by atoms with Gasteiger partial charge in [0.15, 0.2) is 6.20 Å². The summed E-state index contributed by atoms with van der Waals surface area (Å²) in [5, 5.41) is 12.7. The molecule has 78 valence electrons. The second-order valence-electron chi connectivity index (χ2n) is 3.68. The Kier molecular flexibility index (Phi) is 1.90. The van der Waals surface area contributed by atoms with Gasteiger partial charge in [0.1, 0.15) is 5.69 Å². The zero-order valence-electron chi connectivity index (χ0n) is 8.55. The minimum absolute atomic E-state index is 0.638. The van der Waals surface area contributed by atoms with E-state index >= 15 is 0 Å². The highest BCUT2D eigenvalue weighted by atomic mass is 16.5. The van der Waals surface area contributed by atoms with Gasteiger partial charge in [-0.05, 0) is 18.2 Å². The number of aromatic amines is 1. The molecule has 1 N–H and O–H groups in total. The predicted molar refractivity (Wildman–Crippen MR) is 62.7 cm³/mol. The van der Waals surface area contributed by atoms with E-state index in [1.54, 1.807) is 12.1 Å². The predicted octanol–water partition coefficient (Wildman–Crippen LogP) is 2.47. The van der Waals surface area contributed by atoms with Crippen LogP contribution in [-0.4, -0.2) is 4.98 Å². The van der Waals surface area contributed by atoms with Crippen LogP contribution in [0.25, 0.3) is 22.3 Å². The third-order valence-electron chi connectivity index (χ3n) is 2.63. The summed E-state index contributed by atoms with van der Waals surface area (Å²) in [6, 6.07) is 15.3. The van der Waals surface area contributed by atoms with Gasteiger partial charge in [-0.2, -0.15) is 4.73 Å². The van der Waals surface area contributed by atoms with E-state index in [0.29, 0.717) is 5.69 Å². The topological polar surface area (TPSA) is 42.7 Å². The highest BCUT2D eigenvalue weighted by Gasteiger charge is 2.09. The number of benzene rings is 1. The fourth-order valence-electron chi connectivity index (χ4n) is 1.85. The second-order valence-corrected chi connectivity index (χ2v) is 3.68. The molecule has 0 aliphatic carbocycles. The number of hydrogen-bond acceptors (Lipinski definition) is 1. The molecule has 0 fully saturated rings. The van der Waals surface area contributed by atoms with Gasteiger partial charge in [-0.1, -0.05) is 18.2 Å². The van der Waals surface area contributed by atoms with Gasteiger partial charge in [0.2, 0.25) is 5.69 Å². The molecule has 0 saturated carbocycles. The highest BCUT2D eigenvalue weighted by Crippen LogP contribution is 2.21. The van der Waals surface area contributed by atoms with Crippen molar-refractivity contribution >= 4 is 10.9 Å². The lowest BCUT2D eigenvalue weighted by Crippen LogP contribution is -2.27. The molecule has 0 amide bonds. The summed E-state index contributed by atoms with van der Waals surface area (Å²) in [7, 11) is 0. The maximum Gasteiger partial charge on any atom is 0.240 e. The Labute approximate surface area is 92.6 Å². The summed E-state index contributed by atoms with van der Waals surface area (Å²) in [5.41, 5.74) is 2.52. The summed E-state index contributed by atoms with van der Waals surface area (Å²) >= 11 is 0. The van der Waals surface area contributed by atoms with Crippen LogP contribution >= 0.6 is 0 Å². The molecular weight excluding hydrogens is 200 g/mol. The Morgan fingerprint density at radius 2 is 1.81 bits per heavy atom. The Morgan fingerprint density at radius 3 is 2.62 bits per heavy atom. The first-order valence-corrected chi connectivity index (χ1v) is 5.11. The first-order chi connectivity index (χ1) is 7.84. The summed E-state index contributed by atoms with van der Waals surface area (Å²) in [4.78, 5) is 3.23. The minimum Gasteiger partial charge on any atom is -0.618 e. The van der Waals surface area contributed by atoms with Crippen molar-refractivity contribution in [3.8, 4) is 11.4 Å². The molecule has 16 heavy (non-hydrogen) atoms. The van der Waals surface area contributed by atoms with Crippen molar-refractivity contribution in [2.24, 2.45) is 0 Å². The van der Waals surface area contributed by atoms with Crippen molar-refractivity contribution in [2.45, 2.75) is 0 Å². The summed E-state index contributed by atoms with van der Waals surface area (Å²) < 4.78 is 0.866. The number of H-pyrrole nitrogens is 1. The Morgan fingerprint density at radius 1 is 1.00 bits per heavy atom. The first-order valence-electron chi connectivity index (χ1n) is 5.11. The fourth-order valence-corrected chi connectivity index (χ4v) is 1.85. The molecule has 0 saturated heterocycles. The third-order valence-corrected chi connectivity index (χ3v) is 2.63. The van der Waals surface area contributed by atoms with Crippen LogP contribution < -0.4 is 4.73 Å². The number of nitrogens with zero attached hydrogens (tertiary/aromatic N) is 1.